The number of nitrogens with two attached hydrogens (primary N) is 1. The smallest absolute Gasteiger partial charge is 0.280 e. The average molecular weight is 696 g/mol. The van der Waals surface area contributed by atoms with E-state index in [0.717, 1.165) is 12.8 Å². The Bertz CT molecular complexity index is 1800. The molecule has 12 nitrogen and oxygen atoms in total. The summed E-state index contributed by atoms with van der Waals surface area (Å²) >= 11 is 6.24. The first kappa shape index (κ1) is 36.9. The Morgan fingerprint density at radius 2 is 1.84 bits per heavy atom. The van der Waals surface area contributed by atoms with Crippen LogP contribution in [0, 0.1) is 5.82 Å². The summed E-state index contributed by atoms with van der Waals surface area (Å²) in [6.07, 6.45) is 2.62. The van der Waals surface area contributed by atoms with Crippen LogP contribution in [0.1, 0.15) is 45.0 Å². The first-order valence-corrected chi connectivity index (χ1v) is 16.4. The Morgan fingerprint density at radius 3 is 2.45 bits per heavy atom. The maximum absolute atomic E-state index is 13.9. The van der Waals surface area contributed by atoms with Crippen LogP contribution in [0.15, 0.2) is 65.5 Å². The number of hydrogen-bond acceptors (Lipinski definition) is 9. The summed E-state index contributed by atoms with van der Waals surface area (Å²) in [6, 6.07) is 15.1. The number of phenolic OH excluding ortho intramolecular Hbond substituents is 1. The molecule has 1 unspecified atom stereocenters. The highest BCUT2D eigenvalue weighted by Gasteiger charge is 2.28. The molecule has 49 heavy (non-hydrogen) atoms. The molecule has 4 N–H and O–H groups in total. The number of carbonyl (C=O) groups excluding carboxylic acids is 2. The van der Waals surface area contributed by atoms with E-state index in [-0.39, 0.29) is 29.1 Å². The lowest BCUT2D eigenvalue weighted by Crippen LogP contribution is -2.57. The molecule has 0 aliphatic carbocycles. The van der Waals surface area contributed by atoms with Gasteiger partial charge in [-0.05, 0) is 67.9 Å². The number of nitrogens with zero attached hydrogens (tertiary/aromatic N) is 5. The molecule has 2 amide bonds. The molecule has 0 radical (unpaired) electrons. The minimum atomic E-state index is -0.410. The second-order valence-corrected chi connectivity index (χ2v) is 12.2. The molecule has 4 aromatic rings. The van der Waals surface area contributed by atoms with Gasteiger partial charge >= 0.3 is 0 Å². The number of rotatable bonds is 11. The first-order valence-electron chi connectivity index (χ1n) is 16.0. The number of ether oxygens (including phenoxy) is 1. The van der Waals surface area contributed by atoms with Gasteiger partial charge in [0.25, 0.3) is 5.56 Å². The van der Waals surface area contributed by atoms with Gasteiger partial charge in [0.2, 0.25) is 12.3 Å². The lowest BCUT2D eigenvalue weighted by molar-refractivity contribution is -0.132. The molecule has 5 rings (SSSR count). The third-order valence-electron chi connectivity index (χ3n) is 8.41. The topological polar surface area (TPSA) is 146 Å². The Labute approximate surface area is 289 Å². The van der Waals surface area contributed by atoms with Gasteiger partial charge in [-0.15, -0.1) is 0 Å². The number of benzene rings is 3. The molecule has 1 saturated heterocycles. The molecule has 1 aromatic heterocycles. The molecule has 262 valence electrons. The molecule has 2 atom stereocenters. The van der Waals surface area contributed by atoms with E-state index in [2.05, 4.69) is 12.2 Å². The summed E-state index contributed by atoms with van der Waals surface area (Å²) < 4.78 is 19.0. The zero-order chi connectivity index (χ0) is 35.7. The predicted octanol–water partition coefficient (Wildman–Crippen LogP) is 4.65. The van der Waals surface area contributed by atoms with E-state index < -0.39 is 6.04 Å². The summed E-state index contributed by atoms with van der Waals surface area (Å²) in [4.78, 5) is 45.1. The van der Waals surface area contributed by atoms with Crippen LogP contribution in [0.2, 0.25) is 5.02 Å². The van der Waals surface area contributed by atoms with Crippen LogP contribution in [-0.4, -0.2) is 78.4 Å². The van der Waals surface area contributed by atoms with Gasteiger partial charge in [0.05, 0.1) is 42.8 Å². The quantitative estimate of drug-likeness (QED) is 0.191. The number of piperazine rings is 1. The van der Waals surface area contributed by atoms with Gasteiger partial charge in [0.15, 0.2) is 5.82 Å². The Balaban J connectivity index is 0.000000463. The van der Waals surface area contributed by atoms with Crippen molar-refractivity contribution in [1.82, 2.24) is 14.6 Å². The number of nitrogens with one attached hydrogen (secondary N) is 1. The molecule has 0 saturated carbocycles. The van der Waals surface area contributed by atoms with Gasteiger partial charge in [0, 0.05) is 49.4 Å². The number of aromatic nitrogens is 2. The molecular weight excluding hydrogens is 653 g/mol. The van der Waals surface area contributed by atoms with Crippen LogP contribution in [0.4, 0.5) is 15.8 Å². The third kappa shape index (κ3) is 9.18. The van der Waals surface area contributed by atoms with Gasteiger partial charge in [-0.1, -0.05) is 24.9 Å². The normalized spacial score (nSPS) is 14.0. The highest BCUT2D eigenvalue weighted by molar-refractivity contribution is 6.31. The maximum Gasteiger partial charge on any atom is 0.280 e. The maximum atomic E-state index is 13.9. The van der Waals surface area contributed by atoms with Crippen molar-refractivity contribution in [3.8, 4) is 11.5 Å². The minimum absolute atomic E-state index is 0.0394. The van der Waals surface area contributed by atoms with Crippen molar-refractivity contribution in [2.45, 2.75) is 45.2 Å². The van der Waals surface area contributed by atoms with Crippen molar-refractivity contribution in [2.75, 3.05) is 55.6 Å². The Kier molecular flexibility index (Phi) is 12.8. The number of fused-ring (bicyclic) bond motifs is 1. The van der Waals surface area contributed by atoms with E-state index in [1.165, 1.54) is 31.4 Å². The second kappa shape index (κ2) is 17.0. The van der Waals surface area contributed by atoms with E-state index in [0.29, 0.717) is 77.9 Å². The van der Waals surface area contributed by atoms with E-state index in [1.54, 1.807) is 41.1 Å². The molecular formula is C35H43ClFN7O5. The number of methoxy groups -OCH3 is 1. The standard InChI is InChI=1S/C28H37ClN6O4.C7H6FNO/c1-5-6-20(30)16-26(37)33-11-13-34(14-12-33)35-27(31-23-15-19(29)7-9-22(23)28(35)38)18(2)32(3)24-10-8-21(39-4)17-25(24)36;8-6-1-3-7(4-2-6)9-5-10/h7-10,15,17-18,20,36H,5-6,11-14,16,30H2,1-4H3;1-5H,(H,9,10)/t18?,20-;/m0./s1. The molecule has 2 heterocycles. The zero-order valence-electron chi connectivity index (χ0n) is 28.1. The molecule has 1 fully saturated rings. The number of carbonyl (C=O) groups is 2. The SMILES string of the molecule is CCC[C@H](N)CC(=O)N1CCN(n2c(C(C)N(C)c3ccc(OC)cc3O)nc3cc(Cl)ccc3c2=O)CC1.O=CNc1ccc(F)cc1. The van der Waals surface area contributed by atoms with Crippen molar-refractivity contribution >= 4 is 46.2 Å². The fraction of sp³-hybridized carbons (Fsp3) is 0.371. The van der Waals surface area contributed by atoms with E-state index in [4.69, 9.17) is 27.1 Å². The van der Waals surface area contributed by atoms with Crippen LogP contribution >= 0.6 is 11.6 Å². The Morgan fingerprint density at radius 1 is 1.14 bits per heavy atom. The molecule has 14 heteroatoms. The zero-order valence-corrected chi connectivity index (χ0v) is 28.9. The number of phenols is 1. The number of amides is 2. The van der Waals surface area contributed by atoms with Gasteiger partial charge in [0.1, 0.15) is 17.3 Å². The highest BCUT2D eigenvalue weighted by atomic mass is 35.5. The van der Waals surface area contributed by atoms with Crippen LogP contribution < -0.4 is 31.3 Å². The van der Waals surface area contributed by atoms with Gasteiger partial charge in [-0.3, -0.25) is 14.4 Å². The summed E-state index contributed by atoms with van der Waals surface area (Å²) in [6.45, 7) is 5.86. The average Bonchev–Trinajstić information content (AvgIpc) is 3.09. The van der Waals surface area contributed by atoms with Crippen LogP contribution in [0.5, 0.6) is 11.5 Å². The van der Waals surface area contributed by atoms with Crippen molar-refractivity contribution in [2.24, 2.45) is 5.73 Å². The molecule has 3 aromatic carbocycles. The fourth-order valence-electron chi connectivity index (χ4n) is 5.61. The minimum Gasteiger partial charge on any atom is -0.506 e. The summed E-state index contributed by atoms with van der Waals surface area (Å²) in [5.74, 6) is 0.816. The summed E-state index contributed by atoms with van der Waals surface area (Å²) in [5.41, 5.74) is 7.54. The van der Waals surface area contributed by atoms with Crippen molar-refractivity contribution in [3.05, 3.63) is 87.7 Å². The highest BCUT2D eigenvalue weighted by Crippen LogP contribution is 2.35. The number of aromatic hydroxyl groups is 1. The van der Waals surface area contributed by atoms with E-state index in [9.17, 15) is 23.9 Å². The van der Waals surface area contributed by atoms with Crippen LogP contribution in [0.3, 0.4) is 0 Å². The number of hydrogen-bond donors (Lipinski definition) is 3. The number of halogens is 2. The molecule has 0 spiro atoms. The van der Waals surface area contributed by atoms with E-state index in [1.807, 2.05) is 28.8 Å². The monoisotopic (exact) mass is 695 g/mol. The first-order chi connectivity index (χ1) is 23.5. The lowest BCUT2D eigenvalue weighted by atomic mass is 10.1. The largest absolute Gasteiger partial charge is 0.506 e. The van der Waals surface area contributed by atoms with Crippen molar-refractivity contribution < 1.29 is 23.8 Å². The van der Waals surface area contributed by atoms with Crippen LogP contribution in [0.25, 0.3) is 10.9 Å². The third-order valence-corrected chi connectivity index (χ3v) is 8.64. The van der Waals surface area contributed by atoms with Gasteiger partial charge in [-0.25, -0.2) is 14.1 Å². The molecule has 0 bridgehead atoms. The Hall–Kier alpha value is -4.88. The number of anilines is 2. The van der Waals surface area contributed by atoms with Crippen molar-refractivity contribution in [1.29, 1.82) is 0 Å². The fourth-order valence-corrected chi connectivity index (χ4v) is 5.77. The van der Waals surface area contributed by atoms with E-state index >= 15 is 0 Å². The van der Waals surface area contributed by atoms with Gasteiger partial charge < -0.3 is 35.7 Å². The summed E-state index contributed by atoms with van der Waals surface area (Å²) in [5, 5.41) is 15.9. The van der Waals surface area contributed by atoms with Crippen molar-refractivity contribution in [3.63, 3.8) is 0 Å². The lowest BCUT2D eigenvalue weighted by Gasteiger charge is -2.39. The molecule has 1 aliphatic heterocycles. The second-order valence-electron chi connectivity index (χ2n) is 11.7. The molecule has 1 aliphatic rings. The predicted molar refractivity (Wildman–Crippen MR) is 191 cm³/mol. The summed E-state index contributed by atoms with van der Waals surface area (Å²) in [7, 11) is 3.37. The van der Waals surface area contributed by atoms with Gasteiger partial charge in [-0.2, -0.15) is 0 Å². The van der Waals surface area contributed by atoms with Crippen LogP contribution in [-0.2, 0) is 9.59 Å².